The van der Waals surface area contributed by atoms with Crippen molar-refractivity contribution in [3.63, 3.8) is 0 Å². The highest BCUT2D eigenvalue weighted by atomic mass is 32.1. The fourth-order valence-electron chi connectivity index (χ4n) is 3.65. The number of hydrogen-bond acceptors (Lipinski definition) is 6. The Hall–Kier alpha value is -3.09. The van der Waals surface area contributed by atoms with Crippen molar-refractivity contribution in [2.24, 2.45) is 0 Å². The molecule has 2 aromatic carbocycles. The standard InChI is InChI=1S/C25H26N2O3S/c1-16(23-9-6-12-31-23)26-15-18-14-20-21(29-3)10-11-22(30-4)25(20)27-24(18)17-7-5-8-19(13-17)28-2/h5-14,16,26H,15H2,1-4H3. The van der Waals surface area contributed by atoms with Gasteiger partial charge in [0.25, 0.3) is 0 Å². The summed E-state index contributed by atoms with van der Waals surface area (Å²) < 4.78 is 16.7. The second-order valence-corrected chi connectivity index (χ2v) is 8.19. The zero-order valence-corrected chi connectivity index (χ0v) is 19.0. The maximum Gasteiger partial charge on any atom is 0.145 e. The molecule has 0 radical (unpaired) electrons. The van der Waals surface area contributed by atoms with Crippen LogP contribution in [0.4, 0.5) is 0 Å². The molecule has 5 nitrogen and oxygen atoms in total. The molecule has 0 aliphatic rings. The lowest BCUT2D eigenvalue weighted by Gasteiger charge is -2.17. The highest BCUT2D eigenvalue weighted by molar-refractivity contribution is 7.10. The van der Waals surface area contributed by atoms with Crippen LogP contribution in [-0.4, -0.2) is 26.3 Å². The molecule has 0 bridgehead atoms. The Morgan fingerprint density at radius 1 is 0.935 bits per heavy atom. The number of ether oxygens (including phenoxy) is 3. The van der Waals surface area contributed by atoms with Gasteiger partial charge in [0, 0.05) is 28.4 Å². The molecule has 1 atom stereocenters. The quantitative estimate of drug-likeness (QED) is 0.378. The van der Waals surface area contributed by atoms with Gasteiger partial charge in [-0.25, -0.2) is 4.98 Å². The van der Waals surface area contributed by atoms with Crippen LogP contribution in [0.3, 0.4) is 0 Å². The van der Waals surface area contributed by atoms with E-state index in [1.807, 2.05) is 30.3 Å². The summed E-state index contributed by atoms with van der Waals surface area (Å²) in [6.07, 6.45) is 0. The van der Waals surface area contributed by atoms with Gasteiger partial charge < -0.3 is 19.5 Å². The zero-order valence-electron chi connectivity index (χ0n) is 18.1. The van der Waals surface area contributed by atoms with Crippen LogP contribution in [-0.2, 0) is 6.54 Å². The molecule has 2 aromatic heterocycles. The Labute approximate surface area is 186 Å². The van der Waals surface area contributed by atoms with Gasteiger partial charge in [-0.3, -0.25) is 0 Å². The van der Waals surface area contributed by atoms with Crippen molar-refractivity contribution in [1.82, 2.24) is 10.3 Å². The lowest BCUT2D eigenvalue weighted by Crippen LogP contribution is -2.18. The van der Waals surface area contributed by atoms with Crippen LogP contribution in [0.15, 0.2) is 60.0 Å². The van der Waals surface area contributed by atoms with Crippen LogP contribution in [0.5, 0.6) is 17.2 Å². The lowest BCUT2D eigenvalue weighted by atomic mass is 10.0. The van der Waals surface area contributed by atoms with E-state index in [1.54, 1.807) is 32.7 Å². The first-order valence-electron chi connectivity index (χ1n) is 10.1. The number of nitrogens with one attached hydrogen (secondary N) is 1. The van der Waals surface area contributed by atoms with E-state index in [-0.39, 0.29) is 6.04 Å². The summed E-state index contributed by atoms with van der Waals surface area (Å²) >= 11 is 1.75. The normalized spacial score (nSPS) is 12.0. The van der Waals surface area contributed by atoms with Crippen molar-refractivity contribution in [1.29, 1.82) is 0 Å². The third-order valence-electron chi connectivity index (χ3n) is 5.34. The maximum atomic E-state index is 5.61. The first-order chi connectivity index (χ1) is 15.1. The molecule has 0 amide bonds. The number of aromatic nitrogens is 1. The number of rotatable bonds is 8. The highest BCUT2D eigenvalue weighted by Crippen LogP contribution is 2.36. The number of methoxy groups -OCH3 is 3. The lowest BCUT2D eigenvalue weighted by molar-refractivity contribution is 0.409. The van der Waals surface area contributed by atoms with E-state index in [9.17, 15) is 0 Å². The average Bonchev–Trinajstić information content (AvgIpc) is 3.36. The summed E-state index contributed by atoms with van der Waals surface area (Å²) in [5.74, 6) is 2.28. The maximum absolute atomic E-state index is 5.61. The van der Waals surface area contributed by atoms with E-state index in [0.29, 0.717) is 12.3 Å². The summed E-state index contributed by atoms with van der Waals surface area (Å²) in [6.45, 7) is 2.84. The molecule has 31 heavy (non-hydrogen) atoms. The van der Waals surface area contributed by atoms with E-state index in [4.69, 9.17) is 19.2 Å². The van der Waals surface area contributed by atoms with Gasteiger partial charge in [0.1, 0.15) is 22.8 Å². The average molecular weight is 435 g/mol. The number of hydrogen-bond donors (Lipinski definition) is 1. The molecule has 1 unspecified atom stereocenters. The summed E-state index contributed by atoms with van der Waals surface area (Å²) in [5.41, 5.74) is 3.74. The molecule has 1 N–H and O–H groups in total. The zero-order chi connectivity index (χ0) is 21.8. The fourth-order valence-corrected chi connectivity index (χ4v) is 4.41. The fraction of sp³-hybridized carbons (Fsp3) is 0.240. The number of thiophene rings is 1. The Bertz CT molecular complexity index is 1180. The molecule has 0 aliphatic carbocycles. The Morgan fingerprint density at radius 3 is 2.45 bits per heavy atom. The minimum atomic E-state index is 0.237. The molecule has 0 aliphatic heterocycles. The van der Waals surface area contributed by atoms with Crippen molar-refractivity contribution in [2.75, 3.05) is 21.3 Å². The Kier molecular flexibility index (Phi) is 6.39. The van der Waals surface area contributed by atoms with Gasteiger partial charge in [-0.2, -0.15) is 0 Å². The molecule has 0 saturated heterocycles. The molecule has 0 fully saturated rings. The van der Waals surface area contributed by atoms with Gasteiger partial charge in [-0.15, -0.1) is 11.3 Å². The second kappa shape index (κ2) is 9.37. The third kappa shape index (κ3) is 4.36. The Balaban J connectivity index is 1.84. The van der Waals surface area contributed by atoms with Crippen LogP contribution >= 0.6 is 11.3 Å². The molecule has 4 rings (SSSR count). The summed E-state index contributed by atoms with van der Waals surface area (Å²) in [7, 11) is 5.01. The topological polar surface area (TPSA) is 52.6 Å². The van der Waals surface area contributed by atoms with E-state index < -0.39 is 0 Å². The van der Waals surface area contributed by atoms with Crippen molar-refractivity contribution < 1.29 is 14.2 Å². The van der Waals surface area contributed by atoms with Crippen molar-refractivity contribution in [2.45, 2.75) is 19.5 Å². The van der Waals surface area contributed by atoms with Crippen molar-refractivity contribution in [3.05, 3.63) is 70.4 Å². The number of pyridine rings is 1. The summed E-state index contributed by atoms with van der Waals surface area (Å²) in [5, 5.41) is 6.66. The van der Waals surface area contributed by atoms with Gasteiger partial charge in [-0.1, -0.05) is 18.2 Å². The first kappa shape index (κ1) is 21.2. The van der Waals surface area contributed by atoms with Crippen molar-refractivity contribution >= 4 is 22.2 Å². The molecular weight excluding hydrogens is 408 g/mol. The summed E-state index contributed by atoms with van der Waals surface area (Å²) in [4.78, 5) is 6.34. The largest absolute Gasteiger partial charge is 0.497 e. The van der Waals surface area contributed by atoms with Crippen LogP contribution < -0.4 is 19.5 Å². The van der Waals surface area contributed by atoms with Crippen molar-refractivity contribution in [3.8, 4) is 28.5 Å². The van der Waals surface area contributed by atoms with E-state index in [1.165, 1.54) is 4.88 Å². The third-order valence-corrected chi connectivity index (χ3v) is 6.39. The van der Waals surface area contributed by atoms with Gasteiger partial charge in [0.15, 0.2) is 0 Å². The van der Waals surface area contributed by atoms with Crippen LogP contribution in [0.2, 0.25) is 0 Å². The molecule has 0 spiro atoms. The smallest absolute Gasteiger partial charge is 0.145 e. The minimum absolute atomic E-state index is 0.237. The number of nitrogens with zero attached hydrogens (tertiary/aromatic N) is 1. The molecule has 0 saturated carbocycles. The predicted molar refractivity (Wildman–Crippen MR) is 126 cm³/mol. The van der Waals surface area contributed by atoms with Gasteiger partial charge >= 0.3 is 0 Å². The van der Waals surface area contributed by atoms with E-state index in [2.05, 4.69) is 41.9 Å². The molecular formula is C25H26N2O3S. The Morgan fingerprint density at radius 2 is 1.74 bits per heavy atom. The van der Waals surface area contributed by atoms with Crippen LogP contribution in [0, 0.1) is 0 Å². The van der Waals surface area contributed by atoms with E-state index >= 15 is 0 Å². The monoisotopic (exact) mass is 434 g/mol. The SMILES string of the molecule is COc1cccc(-c2nc3c(OC)ccc(OC)c3cc2CNC(C)c2cccs2)c1. The number of benzene rings is 2. The summed E-state index contributed by atoms with van der Waals surface area (Å²) in [6, 6.07) is 18.4. The van der Waals surface area contributed by atoms with Gasteiger partial charge in [0.2, 0.25) is 0 Å². The van der Waals surface area contributed by atoms with Gasteiger partial charge in [-0.05, 0) is 54.3 Å². The molecule has 6 heteroatoms. The minimum Gasteiger partial charge on any atom is -0.497 e. The molecule has 160 valence electrons. The van der Waals surface area contributed by atoms with Crippen LogP contribution in [0.25, 0.3) is 22.2 Å². The molecule has 4 aromatic rings. The van der Waals surface area contributed by atoms with Gasteiger partial charge in [0.05, 0.1) is 27.0 Å². The van der Waals surface area contributed by atoms with Crippen LogP contribution in [0.1, 0.15) is 23.4 Å². The highest BCUT2D eigenvalue weighted by Gasteiger charge is 2.17. The predicted octanol–water partition coefficient (Wildman–Crippen LogP) is 5.84. The second-order valence-electron chi connectivity index (χ2n) is 7.21. The van der Waals surface area contributed by atoms with E-state index in [0.717, 1.165) is 39.2 Å². The molecule has 2 heterocycles. The first-order valence-corrected chi connectivity index (χ1v) is 11.0. The number of fused-ring (bicyclic) bond motifs is 1.